The van der Waals surface area contributed by atoms with E-state index in [4.69, 9.17) is 10.5 Å². The Bertz CT molecular complexity index is 545. The predicted octanol–water partition coefficient (Wildman–Crippen LogP) is 4.61. The zero-order valence-corrected chi connectivity index (χ0v) is 13.3. The lowest BCUT2D eigenvalue weighted by molar-refractivity contribution is 0.306. The van der Waals surface area contributed by atoms with Crippen LogP contribution in [0.25, 0.3) is 0 Å². The Morgan fingerprint density at radius 2 is 1.95 bits per heavy atom. The Morgan fingerprint density at radius 3 is 2.50 bits per heavy atom. The van der Waals surface area contributed by atoms with Crippen molar-refractivity contribution in [3.8, 4) is 5.75 Å². The van der Waals surface area contributed by atoms with E-state index >= 15 is 0 Å². The van der Waals surface area contributed by atoms with Crippen molar-refractivity contribution < 1.29 is 4.74 Å². The third kappa shape index (κ3) is 3.62. The van der Waals surface area contributed by atoms with Crippen LogP contribution in [0.3, 0.4) is 0 Å². The van der Waals surface area contributed by atoms with E-state index in [0.717, 1.165) is 12.2 Å². The topological polar surface area (TPSA) is 35.2 Å². The predicted molar refractivity (Wildman–Crippen MR) is 86.4 cm³/mol. The van der Waals surface area contributed by atoms with Crippen molar-refractivity contribution >= 4 is 11.3 Å². The molecule has 0 aliphatic heterocycles. The minimum Gasteiger partial charge on any atom is -0.489 e. The van der Waals surface area contributed by atoms with Crippen molar-refractivity contribution in [1.29, 1.82) is 0 Å². The highest BCUT2D eigenvalue weighted by atomic mass is 32.1. The molecule has 3 heteroatoms. The summed E-state index contributed by atoms with van der Waals surface area (Å²) in [5.74, 6) is 1.53. The molecule has 2 nitrogen and oxygen atoms in total. The van der Waals surface area contributed by atoms with Gasteiger partial charge >= 0.3 is 0 Å². The van der Waals surface area contributed by atoms with Gasteiger partial charge in [-0.2, -0.15) is 0 Å². The molecular formula is C17H23NOS. The van der Waals surface area contributed by atoms with Crippen LogP contribution in [0.2, 0.25) is 0 Å². The molecule has 1 unspecified atom stereocenters. The fraction of sp³-hybridized carbons (Fsp3) is 0.412. The second-order valence-electron chi connectivity index (χ2n) is 5.17. The lowest BCUT2D eigenvalue weighted by Crippen LogP contribution is -1.97. The van der Waals surface area contributed by atoms with Gasteiger partial charge in [-0.25, -0.2) is 0 Å². The Hall–Kier alpha value is -1.32. The van der Waals surface area contributed by atoms with Crippen molar-refractivity contribution in [1.82, 2.24) is 0 Å². The summed E-state index contributed by atoms with van der Waals surface area (Å²) in [6.07, 6.45) is 1.16. The summed E-state index contributed by atoms with van der Waals surface area (Å²) in [5.41, 5.74) is 8.28. The van der Waals surface area contributed by atoms with E-state index < -0.39 is 0 Å². The van der Waals surface area contributed by atoms with E-state index in [2.05, 4.69) is 51.1 Å². The first kappa shape index (κ1) is 15.1. The summed E-state index contributed by atoms with van der Waals surface area (Å²) in [6.45, 7) is 7.80. The molecule has 0 amide bonds. The van der Waals surface area contributed by atoms with Gasteiger partial charge in [0, 0.05) is 21.9 Å². The number of hydrogen-bond acceptors (Lipinski definition) is 3. The molecular weight excluding hydrogens is 266 g/mol. The molecule has 0 saturated carbocycles. The van der Waals surface area contributed by atoms with Crippen LogP contribution >= 0.6 is 11.3 Å². The Morgan fingerprint density at radius 1 is 1.25 bits per heavy atom. The van der Waals surface area contributed by atoms with E-state index in [-0.39, 0.29) is 0 Å². The van der Waals surface area contributed by atoms with Gasteiger partial charge in [0.25, 0.3) is 0 Å². The molecule has 0 aliphatic rings. The molecule has 0 fully saturated rings. The molecule has 2 N–H and O–H groups in total. The fourth-order valence-corrected chi connectivity index (χ4v) is 3.05. The molecule has 1 aromatic carbocycles. The maximum absolute atomic E-state index is 5.86. The Balaban J connectivity index is 1.98. The SMILES string of the molecule is CCC(C)c1ccc(OCc2cc(CN)sc2C)cc1. The minimum atomic E-state index is 0.606. The molecule has 0 radical (unpaired) electrons. The number of hydrogen-bond donors (Lipinski definition) is 1. The molecule has 2 rings (SSSR count). The molecule has 20 heavy (non-hydrogen) atoms. The normalized spacial score (nSPS) is 12.4. The van der Waals surface area contributed by atoms with E-state index in [1.54, 1.807) is 11.3 Å². The summed E-state index contributed by atoms with van der Waals surface area (Å²) in [6, 6.07) is 10.6. The number of ether oxygens (including phenoxy) is 1. The highest BCUT2D eigenvalue weighted by Crippen LogP contribution is 2.24. The van der Waals surface area contributed by atoms with Gasteiger partial charge in [-0.1, -0.05) is 26.0 Å². The highest BCUT2D eigenvalue weighted by Gasteiger charge is 2.06. The number of benzene rings is 1. The lowest BCUT2D eigenvalue weighted by Gasteiger charge is -2.10. The zero-order chi connectivity index (χ0) is 14.5. The highest BCUT2D eigenvalue weighted by molar-refractivity contribution is 7.12. The van der Waals surface area contributed by atoms with Crippen molar-refractivity contribution in [2.75, 3.05) is 0 Å². The lowest BCUT2D eigenvalue weighted by atomic mass is 9.99. The van der Waals surface area contributed by atoms with Crippen LogP contribution in [-0.4, -0.2) is 0 Å². The van der Waals surface area contributed by atoms with Crippen LogP contribution in [0, 0.1) is 6.92 Å². The largest absolute Gasteiger partial charge is 0.489 e. The zero-order valence-electron chi connectivity index (χ0n) is 12.5. The summed E-state index contributed by atoms with van der Waals surface area (Å²) in [4.78, 5) is 2.51. The molecule has 0 aliphatic carbocycles. The van der Waals surface area contributed by atoms with Crippen LogP contribution in [0.4, 0.5) is 0 Å². The van der Waals surface area contributed by atoms with Crippen molar-refractivity contribution in [2.24, 2.45) is 5.73 Å². The fourth-order valence-electron chi connectivity index (χ4n) is 2.12. The molecule has 1 heterocycles. The van der Waals surface area contributed by atoms with E-state index in [9.17, 15) is 0 Å². The Kier molecular flexibility index (Phi) is 5.21. The van der Waals surface area contributed by atoms with Gasteiger partial charge in [0.05, 0.1) is 0 Å². The second kappa shape index (κ2) is 6.91. The van der Waals surface area contributed by atoms with Gasteiger partial charge < -0.3 is 10.5 Å². The van der Waals surface area contributed by atoms with Gasteiger partial charge in [0.2, 0.25) is 0 Å². The third-order valence-electron chi connectivity index (χ3n) is 3.73. The first-order valence-electron chi connectivity index (χ1n) is 7.15. The molecule has 1 aromatic heterocycles. The molecule has 0 bridgehead atoms. The maximum Gasteiger partial charge on any atom is 0.119 e. The van der Waals surface area contributed by atoms with Crippen molar-refractivity contribution in [2.45, 2.75) is 46.3 Å². The molecule has 0 spiro atoms. The maximum atomic E-state index is 5.86. The van der Waals surface area contributed by atoms with Gasteiger partial charge in [-0.3, -0.25) is 0 Å². The molecule has 108 valence electrons. The first-order valence-corrected chi connectivity index (χ1v) is 7.96. The van der Waals surface area contributed by atoms with E-state index in [0.29, 0.717) is 19.1 Å². The summed E-state index contributed by atoms with van der Waals surface area (Å²) < 4.78 is 5.86. The standard InChI is InChI=1S/C17H23NOS/c1-4-12(2)14-5-7-16(8-6-14)19-11-15-9-17(10-18)20-13(15)3/h5-9,12H,4,10-11,18H2,1-3H3. The quantitative estimate of drug-likeness (QED) is 0.843. The van der Waals surface area contributed by atoms with E-state index in [1.807, 2.05) is 0 Å². The number of aryl methyl sites for hydroxylation is 1. The van der Waals surface area contributed by atoms with Crippen LogP contribution in [0.1, 0.15) is 47.1 Å². The van der Waals surface area contributed by atoms with Crippen molar-refractivity contribution in [3.05, 3.63) is 51.2 Å². The van der Waals surface area contributed by atoms with Crippen molar-refractivity contribution in [3.63, 3.8) is 0 Å². The average Bonchev–Trinajstić information content (AvgIpc) is 2.85. The van der Waals surface area contributed by atoms with Gasteiger partial charge in [0.15, 0.2) is 0 Å². The monoisotopic (exact) mass is 289 g/mol. The number of nitrogens with two attached hydrogens (primary N) is 1. The molecule has 1 atom stereocenters. The summed E-state index contributed by atoms with van der Waals surface area (Å²) >= 11 is 1.75. The number of rotatable bonds is 6. The molecule has 2 aromatic rings. The average molecular weight is 289 g/mol. The smallest absolute Gasteiger partial charge is 0.119 e. The Labute approximate surface area is 125 Å². The summed E-state index contributed by atoms with van der Waals surface area (Å²) in [5, 5.41) is 0. The minimum absolute atomic E-state index is 0.606. The van der Waals surface area contributed by atoms with Crippen LogP contribution in [-0.2, 0) is 13.2 Å². The summed E-state index contributed by atoms with van der Waals surface area (Å²) in [7, 11) is 0. The van der Waals surface area contributed by atoms with Gasteiger partial charge in [-0.15, -0.1) is 11.3 Å². The van der Waals surface area contributed by atoms with Crippen LogP contribution < -0.4 is 10.5 Å². The molecule has 0 saturated heterocycles. The first-order chi connectivity index (χ1) is 9.63. The third-order valence-corrected chi connectivity index (χ3v) is 4.84. The number of thiophene rings is 1. The van der Waals surface area contributed by atoms with Crippen LogP contribution in [0.15, 0.2) is 30.3 Å². The second-order valence-corrected chi connectivity index (χ2v) is 6.51. The van der Waals surface area contributed by atoms with Gasteiger partial charge in [0.1, 0.15) is 12.4 Å². The van der Waals surface area contributed by atoms with Gasteiger partial charge in [-0.05, 0) is 43.0 Å². The van der Waals surface area contributed by atoms with E-state index in [1.165, 1.54) is 20.9 Å². The van der Waals surface area contributed by atoms with Crippen LogP contribution in [0.5, 0.6) is 5.75 Å².